The minimum absolute atomic E-state index is 0.124. The van der Waals surface area contributed by atoms with Crippen LogP contribution in [0.25, 0.3) is 21.5 Å². The number of nitrogens with one attached hydrogen (secondary N) is 1. The van der Waals surface area contributed by atoms with Gasteiger partial charge in [0, 0.05) is 0 Å². The minimum atomic E-state index is -0.507. The zero-order chi connectivity index (χ0) is 20.2. The van der Waals surface area contributed by atoms with Crippen molar-refractivity contribution in [3.63, 3.8) is 0 Å². The van der Waals surface area contributed by atoms with Crippen molar-refractivity contribution in [1.82, 2.24) is 5.32 Å². The number of Topliss-reactive ketones (excluding diaryl/α,β-unsaturated/α-hetero) is 1. The van der Waals surface area contributed by atoms with Crippen molar-refractivity contribution in [2.45, 2.75) is 0 Å². The van der Waals surface area contributed by atoms with E-state index in [2.05, 4.69) is 5.32 Å². The maximum Gasteiger partial charge on any atom is 0.255 e. The molecule has 4 rings (SSSR count). The second-order valence-corrected chi connectivity index (χ2v) is 6.74. The van der Waals surface area contributed by atoms with Crippen molar-refractivity contribution in [2.24, 2.45) is 0 Å². The number of carbonyl (C=O) groups excluding carboxylic acids is 2. The van der Waals surface area contributed by atoms with Gasteiger partial charge in [0.2, 0.25) is 0 Å². The van der Waals surface area contributed by atoms with Gasteiger partial charge < -0.3 is 15.2 Å². The monoisotopic (exact) mass is 385 g/mol. The van der Waals surface area contributed by atoms with Gasteiger partial charge in [-0.05, 0) is 45.8 Å². The first-order chi connectivity index (χ1) is 14.1. The number of fused-ring (bicyclic) bond motifs is 2. The molecular weight excluding hydrogens is 366 g/mol. The molecule has 29 heavy (non-hydrogen) atoms. The van der Waals surface area contributed by atoms with Gasteiger partial charge in [0.25, 0.3) is 5.91 Å². The number of ketones is 1. The van der Waals surface area contributed by atoms with E-state index in [4.69, 9.17) is 4.74 Å². The molecule has 0 saturated heterocycles. The lowest BCUT2D eigenvalue weighted by atomic mass is 10.1. The molecule has 0 fully saturated rings. The van der Waals surface area contributed by atoms with Gasteiger partial charge in [0.05, 0.1) is 12.1 Å². The van der Waals surface area contributed by atoms with Gasteiger partial charge in [-0.1, -0.05) is 54.6 Å². The van der Waals surface area contributed by atoms with E-state index >= 15 is 0 Å². The molecule has 4 aromatic rings. The molecule has 0 heterocycles. The van der Waals surface area contributed by atoms with Crippen molar-refractivity contribution in [3.05, 3.63) is 84.4 Å². The summed E-state index contributed by atoms with van der Waals surface area (Å²) in [6.07, 6.45) is 0. The maximum absolute atomic E-state index is 12.4. The predicted molar refractivity (Wildman–Crippen MR) is 112 cm³/mol. The van der Waals surface area contributed by atoms with Crippen LogP contribution in [-0.2, 0) is 4.79 Å². The second kappa shape index (κ2) is 8.02. The number of ether oxygens (including phenoxy) is 1. The van der Waals surface area contributed by atoms with Gasteiger partial charge in [0.15, 0.2) is 5.78 Å². The number of benzene rings is 4. The summed E-state index contributed by atoms with van der Waals surface area (Å²) in [5.41, 5.74) is 0.131. The van der Waals surface area contributed by atoms with E-state index in [0.717, 1.165) is 21.5 Å². The molecule has 0 unspecified atom stereocenters. The second-order valence-electron chi connectivity index (χ2n) is 6.74. The normalized spacial score (nSPS) is 10.8. The Morgan fingerprint density at radius 1 is 0.793 bits per heavy atom. The van der Waals surface area contributed by atoms with Crippen molar-refractivity contribution in [3.8, 4) is 11.5 Å². The summed E-state index contributed by atoms with van der Waals surface area (Å²) >= 11 is 0. The topological polar surface area (TPSA) is 75.6 Å². The van der Waals surface area contributed by atoms with Crippen LogP contribution in [0.4, 0.5) is 0 Å². The summed E-state index contributed by atoms with van der Waals surface area (Å²) < 4.78 is 5.55. The number of hydrogen-bond donors (Lipinski definition) is 2. The lowest BCUT2D eigenvalue weighted by molar-refractivity contribution is -0.120. The SMILES string of the molecule is O=C(CNC(=O)c1cc2ccccc2cc1O)COc1ccc2ccccc2c1. The average Bonchev–Trinajstić information content (AvgIpc) is 2.75. The van der Waals surface area contributed by atoms with Crippen LogP contribution >= 0.6 is 0 Å². The first kappa shape index (κ1) is 18.5. The van der Waals surface area contributed by atoms with Crippen molar-refractivity contribution in [1.29, 1.82) is 0 Å². The van der Waals surface area contributed by atoms with E-state index in [1.165, 1.54) is 6.07 Å². The van der Waals surface area contributed by atoms with Gasteiger partial charge in [-0.15, -0.1) is 0 Å². The summed E-state index contributed by atoms with van der Waals surface area (Å²) in [6, 6.07) is 24.0. The quantitative estimate of drug-likeness (QED) is 0.524. The van der Waals surface area contributed by atoms with Gasteiger partial charge in [-0.25, -0.2) is 0 Å². The van der Waals surface area contributed by atoms with Gasteiger partial charge in [-0.3, -0.25) is 9.59 Å². The first-order valence-electron chi connectivity index (χ1n) is 9.23. The molecule has 1 amide bonds. The Hall–Kier alpha value is -3.86. The molecule has 0 saturated carbocycles. The molecular formula is C24H19NO4. The molecule has 4 aromatic carbocycles. The van der Waals surface area contributed by atoms with Crippen molar-refractivity contribution in [2.75, 3.05) is 13.2 Å². The predicted octanol–water partition coefficient (Wildman–Crippen LogP) is 4.08. The van der Waals surface area contributed by atoms with Crippen LogP contribution in [0.5, 0.6) is 11.5 Å². The standard InChI is InChI=1S/C24H19NO4/c26-20(15-29-21-10-9-16-5-1-2-6-17(16)11-21)14-25-24(28)22-12-18-7-3-4-8-19(18)13-23(22)27/h1-13,27H,14-15H2,(H,25,28). The zero-order valence-corrected chi connectivity index (χ0v) is 15.6. The number of rotatable bonds is 6. The summed E-state index contributed by atoms with van der Waals surface area (Å²) in [5, 5.41) is 16.4. The molecule has 0 aromatic heterocycles. The van der Waals surface area contributed by atoms with Crippen LogP contribution in [0.1, 0.15) is 10.4 Å². The highest BCUT2D eigenvalue weighted by Gasteiger charge is 2.14. The highest BCUT2D eigenvalue weighted by Crippen LogP contribution is 2.25. The van der Waals surface area contributed by atoms with E-state index in [0.29, 0.717) is 5.75 Å². The van der Waals surface area contributed by atoms with E-state index in [-0.39, 0.29) is 30.2 Å². The third-order valence-corrected chi connectivity index (χ3v) is 4.68. The Bertz CT molecular complexity index is 1220. The van der Waals surface area contributed by atoms with Gasteiger partial charge >= 0.3 is 0 Å². The van der Waals surface area contributed by atoms with Crippen LogP contribution < -0.4 is 10.1 Å². The Kier molecular flexibility index (Phi) is 5.12. The molecule has 5 heteroatoms. The fraction of sp³-hybridized carbons (Fsp3) is 0.0833. The molecule has 0 aliphatic heterocycles. The number of carbonyl (C=O) groups is 2. The summed E-state index contributed by atoms with van der Waals surface area (Å²) in [4.78, 5) is 24.5. The van der Waals surface area contributed by atoms with E-state index in [9.17, 15) is 14.7 Å². The zero-order valence-electron chi connectivity index (χ0n) is 15.6. The molecule has 0 atom stereocenters. The fourth-order valence-electron chi connectivity index (χ4n) is 3.16. The summed E-state index contributed by atoms with van der Waals surface area (Å²) in [7, 11) is 0. The molecule has 0 spiro atoms. The Morgan fingerprint density at radius 3 is 2.14 bits per heavy atom. The van der Waals surface area contributed by atoms with E-state index in [1.54, 1.807) is 12.1 Å². The highest BCUT2D eigenvalue weighted by atomic mass is 16.5. The van der Waals surface area contributed by atoms with E-state index in [1.807, 2.05) is 60.7 Å². The average molecular weight is 385 g/mol. The third-order valence-electron chi connectivity index (χ3n) is 4.68. The Balaban J connectivity index is 1.35. The van der Waals surface area contributed by atoms with Gasteiger partial charge in [0.1, 0.15) is 18.1 Å². The Labute approximate surface area is 167 Å². The van der Waals surface area contributed by atoms with Crippen molar-refractivity contribution < 1.29 is 19.4 Å². The largest absolute Gasteiger partial charge is 0.507 e. The summed E-state index contributed by atoms with van der Waals surface area (Å²) in [6.45, 7) is -0.332. The number of hydrogen-bond acceptors (Lipinski definition) is 4. The number of phenols is 1. The summed E-state index contributed by atoms with van der Waals surface area (Å²) in [5.74, 6) is -0.310. The van der Waals surface area contributed by atoms with Crippen LogP contribution in [0, 0.1) is 0 Å². The minimum Gasteiger partial charge on any atom is -0.507 e. The first-order valence-corrected chi connectivity index (χ1v) is 9.23. The maximum atomic E-state index is 12.4. The molecule has 5 nitrogen and oxygen atoms in total. The molecule has 0 aliphatic carbocycles. The molecule has 2 N–H and O–H groups in total. The van der Waals surface area contributed by atoms with Gasteiger partial charge in [-0.2, -0.15) is 0 Å². The van der Waals surface area contributed by atoms with Crippen LogP contribution in [-0.4, -0.2) is 29.9 Å². The number of amides is 1. The smallest absolute Gasteiger partial charge is 0.255 e. The number of phenolic OH excluding ortho intramolecular Hbond substituents is 1. The van der Waals surface area contributed by atoms with Crippen LogP contribution in [0.15, 0.2) is 78.9 Å². The number of aromatic hydroxyl groups is 1. The van der Waals surface area contributed by atoms with Crippen LogP contribution in [0.2, 0.25) is 0 Å². The fourth-order valence-corrected chi connectivity index (χ4v) is 3.16. The Morgan fingerprint density at radius 2 is 1.41 bits per heavy atom. The molecule has 144 valence electrons. The third kappa shape index (κ3) is 4.19. The van der Waals surface area contributed by atoms with E-state index < -0.39 is 5.91 Å². The molecule has 0 radical (unpaired) electrons. The molecule has 0 aliphatic rings. The lowest BCUT2D eigenvalue weighted by Gasteiger charge is -2.09. The highest BCUT2D eigenvalue weighted by molar-refractivity contribution is 6.02. The van der Waals surface area contributed by atoms with Crippen molar-refractivity contribution >= 4 is 33.2 Å². The lowest BCUT2D eigenvalue weighted by Crippen LogP contribution is -2.32. The van der Waals surface area contributed by atoms with Crippen LogP contribution in [0.3, 0.4) is 0 Å². The molecule has 0 bridgehead atoms.